The number of rotatable bonds is 4. The normalized spacial score (nSPS) is 32.0. The third kappa shape index (κ3) is 3.55. The quantitative estimate of drug-likeness (QED) is 0.350. The summed E-state index contributed by atoms with van der Waals surface area (Å²) < 4.78 is 0. The van der Waals surface area contributed by atoms with Crippen molar-refractivity contribution in [3.8, 4) is 0 Å². The van der Waals surface area contributed by atoms with Crippen LogP contribution in [-0.2, 0) is 0 Å². The van der Waals surface area contributed by atoms with Crippen molar-refractivity contribution in [3.05, 3.63) is 38.9 Å². The number of nitrogens with one attached hydrogen (secondary N) is 2. The van der Waals surface area contributed by atoms with Gasteiger partial charge >= 0.3 is 0 Å². The summed E-state index contributed by atoms with van der Waals surface area (Å²) in [7, 11) is 0. The first-order valence-corrected chi connectivity index (χ1v) is 9.76. The van der Waals surface area contributed by atoms with Crippen molar-refractivity contribution in [2.75, 3.05) is 0 Å². The van der Waals surface area contributed by atoms with E-state index in [-0.39, 0.29) is 16.2 Å². The standard InChI is InChI=1S/C18H21ClN4O2S/c19-15-2-1-11(6-16(15)23(24)25)10-20-22-17(26)21-18-7-12-3-13(8-18)5-14(4-12)9-18/h1-2,6,10,12-14H,3-5,7-9H2,(H2,21,22,26)/b20-10+. The van der Waals surface area contributed by atoms with Gasteiger partial charge in [0.2, 0.25) is 0 Å². The van der Waals surface area contributed by atoms with Crippen LogP contribution in [0.4, 0.5) is 5.69 Å². The molecule has 0 amide bonds. The third-order valence-electron chi connectivity index (χ3n) is 5.96. The predicted octanol–water partition coefficient (Wildman–Crippen LogP) is 4.02. The zero-order valence-electron chi connectivity index (χ0n) is 14.3. The number of thiocarbonyl (C=S) groups is 1. The largest absolute Gasteiger partial charge is 0.356 e. The molecule has 0 saturated heterocycles. The number of halogens is 1. The number of nitrogens with zero attached hydrogens (tertiary/aromatic N) is 2. The molecule has 5 rings (SSSR count). The topological polar surface area (TPSA) is 79.6 Å². The molecule has 4 saturated carbocycles. The van der Waals surface area contributed by atoms with Crippen molar-refractivity contribution in [1.82, 2.24) is 10.7 Å². The molecule has 4 aliphatic rings. The monoisotopic (exact) mass is 392 g/mol. The third-order valence-corrected chi connectivity index (χ3v) is 6.48. The van der Waals surface area contributed by atoms with Crippen molar-refractivity contribution in [3.63, 3.8) is 0 Å². The smallest absolute Gasteiger partial charge is 0.288 e. The molecule has 0 aliphatic heterocycles. The van der Waals surface area contributed by atoms with Crippen LogP contribution in [0.2, 0.25) is 5.02 Å². The van der Waals surface area contributed by atoms with Crippen LogP contribution in [0.3, 0.4) is 0 Å². The summed E-state index contributed by atoms with van der Waals surface area (Å²) in [6.07, 6.45) is 9.27. The van der Waals surface area contributed by atoms with Crippen LogP contribution in [0.5, 0.6) is 0 Å². The number of benzene rings is 1. The van der Waals surface area contributed by atoms with Crippen LogP contribution >= 0.6 is 23.8 Å². The Labute approximate surface area is 162 Å². The fraction of sp³-hybridized carbons (Fsp3) is 0.556. The molecule has 4 bridgehead atoms. The maximum absolute atomic E-state index is 10.9. The van der Waals surface area contributed by atoms with Gasteiger partial charge in [0.1, 0.15) is 5.02 Å². The van der Waals surface area contributed by atoms with E-state index >= 15 is 0 Å². The molecular formula is C18H21ClN4O2S. The van der Waals surface area contributed by atoms with Crippen LogP contribution in [-0.4, -0.2) is 21.8 Å². The second kappa shape index (κ2) is 6.78. The molecule has 1 aromatic rings. The Morgan fingerprint density at radius 2 is 1.88 bits per heavy atom. The number of hydrogen-bond donors (Lipinski definition) is 2. The molecule has 0 unspecified atom stereocenters. The second-order valence-electron chi connectivity index (χ2n) is 7.99. The number of hydrogen-bond acceptors (Lipinski definition) is 4. The van der Waals surface area contributed by atoms with Crippen molar-refractivity contribution in [2.45, 2.75) is 44.1 Å². The number of hydrazone groups is 1. The molecule has 138 valence electrons. The minimum atomic E-state index is -0.508. The summed E-state index contributed by atoms with van der Waals surface area (Å²) in [5, 5.41) is 19.2. The highest BCUT2D eigenvalue weighted by Crippen LogP contribution is 2.55. The number of nitro benzene ring substituents is 1. The molecule has 4 fully saturated rings. The van der Waals surface area contributed by atoms with Gasteiger partial charge in [0.05, 0.1) is 11.1 Å². The van der Waals surface area contributed by atoms with Gasteiger partial charge in [-0.05, 0) is 74.6 Å². The molecule has 0 radical (unpaired) electrons. The van der Waals surface area contributed by atoms with Gasteiger partial charge in [0.15, 0.2) is 5.11 Å². The highest BCUT2D eigenvalue weighted by Gasteiger charge is 2.51. The molecular weight excluding hydrogens is 372 g/mol. The lowest BCUT2D eigenvalue weighted by Crippen LogP contribution is -2.61. The van der Waals surface area contributed by atoms with Crippen molar-refractivity contribution in [2.24, 2.45) is 22.9 Å². The van der Waals surface area contributed by atoms with Crippen LogP contribution in [0.25, 0.3) is 0 Å². The van der Waals surface area contributed by atoms with E-state index in [4.69, 9.17) is 23.8 Å². The van der Waals surface area contributed by atoms with Crippen LogP contribution in [0.15, 0.2) is 23.3 Å². The minimum absolute atomic E-state index is 0.110. The van der Waals surface area contributed by atoms with Crippen LogP contribution in [0.1, 0.15) is 44.1 Å². The van der Waals surface area contributed by atoms with E-state index in [1.54, 1.807) is 6.07 Å². The highest BCUT2D eigenvalue weighted by atomic mass is 35.5. The molecule has 26 heavy (non-hydrogen) atoms. The summed E-state index contributed by atoms with van der Waals surface area (Å²) in [5.41, 5.74) is 3.44. The van der Waals surface area contributed by atoms with Gasteiger partial charge in [-0.15, -0.1) is 0 Å². The molecule has 6 nitrogen and oxygen atoms in total. The first kappa shape index (κ1) is 17.7. The SMILES string of the molecule is O=[N+]([O-])c1cc(/C=N/NC(=S)NC23CC4CC(CC(C4)C2)C3)ccc1Cl. The molecule has 4 aliphatic carbocycles. The molecule has 8 heteroatoms. The molecule has 2 N–H and O–H groups in total. The Morgan fingerprint density at radius 1 is 1.27 bits per heavy atom. The molecule has 0 atom stereocenters. The van der Waals surface area contributed by atoms with Gasteiger partial charge in [0.25, 0.3) is 5.69 Å². The first-order valence-electron chi connectivity index (χ1n) is 8.98. The summed E-state index contributed by atoms with van der Waals surface area (Å²) in [6, 6.07) is 4.56. The van der Waals surface area contributed by atoms with E-state index in [1.807, 2.05) is 0 Å². The van der Waals surface area contributed by atoms with Gasteiger partial charge in [-0.3, -0.25) is 15.5 Å². The van der Waals surface area contributed by atoms with Gasteiger partial charge in [-0.2, -0.15) is 5.10 Å². The molecule has 0 spiro atoms. The Morgan fingerprint density at radius 3 is 2.46 bits per heavy atom. The van der Waals surface area contributed by atoms with E-state index in [1.165, 1.54) is 56.9 Å². The van der Waals surface area contributed by atoms with Gasteiger partial charge in [0, 0.05) is 17.2 Å². The van der Waals surface area contributed by atoms with E-state index in [0.29, 0.717) is 10.7 Å². The molecule has 0 aromatic heterocycles. The molecule has 1 aromatic carbocycles. The average Bonchev–Trinajstić information content (AvgIpc) is 2.54. The fourth-order valence-electron chi connectivity index (χ4n) is 5.45. The Balaban J connectivity index is 1.36. The maximum Gasteiger partial charge on any atom is 0.288 e. The van der Waals surface area contributed by atoms with Crippen LogP contribution < -0.4 is 10.7 Å². The summed E-state index contributed by atoms with van der Waals surface area (Å²) in [4.78, 5) is 10.4. The zero-order chi connectivity index (χ0) is 18.3. The van der Waals surface area contributed by atoms with E-state index in [9.17, 15) is 10.1 Å². The summed E-state index contributed by atoms with van der Waals surface area (Å²) in [6.45, 7) is 0. The summed E-state index contributed by atoms with van der Waals surface area (Å²) >= 11 is 11.2. The first-order chi connectivity index (χ1) is 12.4. The average molecular weight is 393 g/mol. The lowest BCUT2D eigenvalue weighted by Gasteiger charge is -2.57. The maximum atomic E-state index is 10.9. The predicted molar refractivity (Wildman–Crippen MR) is 105 cm³/mol. The lowest BCUT2D eigenvalue weighted by molar-refractivity contribution is -0.384. The highest BCUT2D eigenvalue weighted by molar-refractivity contribution is 7.80. The van der Waals surface area contributed by atoms with Crippen molar-refractivity contribution in [1.29, 1.82) is 0 Å². The molecule has 0 heterocycles. The van der Waals surface area contributed by atoms with Crippen molar-refractivity contribution < 1.29 is 4.92 Å². The lowest BCUT2D eigenvalue weighted by atomic mass is 9.53. The van der Waals surface area contributed by atoms with E-state index < -0.39 is 4.92 Å². The fourth-order valence-corrected chi connectivity index (χ4v) is 5.90. The minimum Gasteiger partial charge on any atom is -0.356 e. The van der Waals surface area contributed by atoms with E-state index in [0.717, 1.165) is 17.8 Å². The summed E-state index contributed by atoms with van der Waals surface area (Å²) in [5.74, 6) is 2.53. The number of nitro groups is 1. The van der Waals surface area contributed by atoms with Gasteiger partial charge < -0.3 is 5.32 Å². The zero-order valence-corrected chi connectivity index (χ0v) is 15.9. The van der Waals surface area contributed by atoms with E-state index in [2.05, 4.69) is 15.8 Å². The second-order valence-corrected chi connectivity index (χ2v) is 8.81. The Kier molecular flexibility index (Phi) is 4.61. The Bertz CT molecular complexity index is 747. The van der Waals surface area contributed by atoms with Crippen LogP contribution in [0, 0.1) is 27.9 Å². The van der Waals surface area contributed by atoms with Gasteiger partial charge in [-0.25, -0.2) is 0 Å². The Hall–Kier alpha value is -1.73. The van der Waals surface area contributed by atoms with Gasteiger partial charge in [-0.1, -0.05) is 17.7 Å². The van der Waals surface area contributed by atoms with Crippen molar-refractivity contribution >= 4 is 40.8 Å².